The summed E-state index contributed by atoms with van der Waals surface area (Å²) in [5.74, 6) is -0.676. The smallest absolute Gasteiger partial charge is 0.344 e. The first-order chi connectivity index (χ1) is 15.5. The van der Waals surface area contributed by atoms with E-state index in [-0.39, 0.29) is 12.2 Å². The van der Waals surface area contributed by atoms with Crippen LogP contribution in [0.15, 0.2) is 48.5 Å². The lowest BCUT2D eigenvalue weighted by atomic mass is 10.2. The quantitative estimate of drug-likeness (QED) is 0.377. The maximum absolute atomic E-state index is 13.1. The Morgan fingerprint density at radius 1 is 1.03 bits per heavy atom. The van der Waals surface area contributed by atoms with Crippen LogP contribution in [0.3, 0.4) is 0 Å². The fraction of sp³-hybridized carbons (Fsp3) is 0.250. The van der Waals surface area contributed by atoms with Gasteiger partial charge in [-0.3, -0.25) is 4.79 Å². The SMILES string of the molecule is CCCCn1c(NC(=O)c2ccccc2Cl)c(C(=O)OCC)c2nc3ccccc3nc21. The standard InChI is InChI=1S/C24H23ClN4O3/c1-3-5-14-29-21(28-23(30)15-10-6-7-11-16(15)25)19(24(31)32-4-2)20-22(29)27-18-13-9-8-12-17(18)26-20/h6-13H,3-5,14H2,1-2H3,(H,28,30). The molecule has 0 atom stereocenters. The van der Waals surface area contributed by atoms with Gasteiger partial charge >= 0.3 is 5.97 Å². The second-order valence-corrected chi connectivity index (χ2v) is 7.67. The zero-order valence-electron chi connectivity index (χ0n) is 17.9. The first kappa shape index (κ1) is 21.8. The molecule has 0 fully saturated rings. The molecule has 0 spiro atoms. The highest BCUT2D eigenvalue weighted by Gasteiger charge is 2.28. The number of amides is 1. The number of esters is 1. The number of unbranched alkanes of at least 4 members (excludes halogenated alkanes) is 1. The summed E-state index contributed by atoms with van der Waals surface area (Å²) in [6, 6.07) is 14.2. The molecule has 0 aliphatic carbocycles. The van der Waals surface area contributed by atoms with E-state index in [0.717, 1.165) is 12.8 Å². The van der Waals surface area contributed by atoms with Crippen molar-refractivity contribution in [3.05, 3.63) is 64.7 Å². The molecule has 0 saturated heterocycles. The number of para-hydroxylation sites is 2. The maximum Gasteiger partial charge on any atom is 0.344 e. The third-order valence-electron chi connectivity index (χ3n) is 5.12. The van der Waals surface area contributed by atoms with Gasteiger partial charge in [-0.2, -0.15) is 0 Å². The van der Waals surface area contributed by atoms with E-state index in [2.05, 4.69) is 12.2 Å². The van der Waals surface area contributed by atoms with Crippen molar-refractivity contribution in [1.29, 1.82) is 0 Å². The zero-order valence-corrected chi connectivity index (χ0v) is 18.6. The number of carbonyl (C=O) groups excluding carboxylic acids is 2. The van der Waals surface area contributed by atoms with E-state index in [0.29, 0.717) is 45.1 Å². The molecule has 7 nitrogen and oxygen atoms in total. The Balaban J connectivity index is 1.96. The number of hydrogen-bond donors (Lipinski definition) is 1. The number of aromatic nitrogens is 3. The largest absolute Gasteiger partial charge is 0.462 e. The van der Waals surface area contributed by atoms with Crippen molar-refractivity contribution in [2.45, 2.75) is 33.2 Å². The lowest BCUT2D eigenvalue weighted by Gasteiger charge is -2.13. The van der Waals surface area contributed by atoms with E-state index in [1.54, 1.807) is 31.2 Å². The van der Waals surface area contributed by atoms with Crippen molar-refractivity contribution in [3.63, 3.8) is 0 Å². The molecule has 1 amide bonds. The fourth-order valence-electron chi connectivity index (χ4n) is 3.58. The van der Waals surface area contributed by atoms with Gasteiger partial charge < -0.3 is 14.6 Å². The Morgan fingerprint density at radius 2 is 1.72 bits per heavy atom. The highest BCUT2D eigenvalue weighted by Crippen LogP contribution is 2.32. The molecule has 0 saturated carbocycles. The molecule has 0 radical (unpaired) electrons. The number of halogens is 1. The number of hydrogen-bond acceptors (Lipinski definition) is 5. The van der Waals surface area contributed by atoms with Crippen molar-refractivity contribution in [1.82, 2.24) is 14.5 Å². The van der Waals surface area contributed by atoms with Gasteiger partial charge in [0.15, 0.2) is 5.65 Å². The van der Waals surface area contributed by atoms with Crippen molar-refractivity contribution in [2.24, 2.45) is 0 Å². The Morgan fingerprint density at radius 3 is 2.41 bits per heavy atom. The van der Waals surface area contributed by atoms with Gasteiger partial charge in [0.05, 0.1) is 28.2 Å². The third kappa shape index (κ3) is 4.03. The maximum atomic E-state index is 13.1. The Kier molecular flexibility index (Phi) is 6.37. The number of rotatable bonds is 7. The Bertz CT molecular complexity index is 1320. The van der Waals surface area contributed by atoms with Crippen LogP contribution in [0.5, 0.6) is 0 Å². The first-order valence-corrected chi connectivity index (χ1v) is 10.9. The highest BCUT2D eigenvalue weighted by molar-refractivity contribution is 6.34. The average molecular weight is 451 g/mol. The van der Waals surface area contributed by atoms with Crippen LogP contribution in [0.25, 0.3) is 22.2 Å². The lowest BCUT2D eigenvalue weighted by Crippen LogP contribution is -2.19. The molecule has 2 aromatic carbocycles. The predicted molar refractivity (Wildman–Crippen MR) is 125 cm³/mol. The minimum Gasteiger partial charge on any atom is -0.462 e. The Labute approximate surface area is 190 Å². The number of anilines is 1. The molecular formula is C24H23ClN4O3. The number of aryl methyl sites for hydroxylation is 1. The van der Waals surface area contributed by atoms with Gasteiger partial charge in [0.2, 0.25) is 0 Å². The van der Waals surface area contributed by atoms with Gasteiger partial charge in [0.25, 0.3) is 5.91 Å². The third-order valence-corrected chi connectivity index (χ3v) is 5.45. The molecule has 32 heavy (non-hydrogen) atoms. The first-order valence-electron chi connectivity index (χ1n) is 10.6. The van der Waals surface area contributed by atoms with Crippen LogP contribution in [-0.4, -0.2) is 33.0 Å². The summed E-state index contributed by atoms with van der Waals surface area (Å²) in [6.45, 7) is 4.55. The predicted octanol–water partition coefficient (Wildman–Crippen LogP) is 5.47. The Hall–Kier alpha value is -3.45. The van der Waals surface area contributed by atoms with Crippen molar-refractivity contribution in [2.75, 3.05) is 11.9 Å². The van der Waals surface area contributed by atoms with Crippen LogP contribution in [0, 0.1) is 0 Å². The normalized spacial score (nSPS) is 11.1. The van der Waals surface area contributed by atoms with Crippen LogP contribution in [0.1, 0.15) is 47.4 Å². The molecule has 8 heteroatoms. The summed E-state index contributed by atoms with van der Waals surface area (Å²) in [7, 11) is 0. The molecule has 2 heterocycles. The summed E-state index contributed by atoms with van der Waals surface area (Å²) in [4.78, 5) is 35.6. The van der Waals surface area contributed by atoms with E-state index in [4.69, 9.17) is 26.3 Å². The monoisotopic (exact) mass is 450 g/mol. The fourth-order valence-corrected chi connectivity index (χ4v) is 3.80. The summed E-state index contributed by atoms with van der Waals surface area (Å²) in [5.41, 5.74) is 2.78. The number of nitrogens with one attached hydrogen (secondary N) is 1. The van der Waals surface area contributed by atoms with Gasteiger partial charge in [-0.05, 0) is 37.6 Å². The molecule has 2 aromatic heterocycles. The number of benzene rings is 2. The lowest BCUT2D eigenvalue weighted by molar-refractivity contribution is 0.0529. The number of ether oxygens (including phenoxy) is 1. The molecule has 4 rings (SSSR count). The zero-order chi connectivity index (χ0) is 22.7. The van der Waals surface area contributed by atoms with E-state index in [1.165, 1.54) is 0 Å². The van der Waals surface area contributed by atoms with Gasteiger partial charge in [-0.1, -0.05) is 49.2 Å². The van der Waals surface area contributed by atoms with E-state index >= 15 is 0 Å². The van der Waals surface area contributed by atoms with Crippen LogP contribution in [-0.2, 0) is 11.3 Å². The highest BCUT2D eigenvalue weighted by atomic mass is 35.5. The number of fused-ring (bicyclic) bond motifs is 2. The van der Waals surface area contributed by atoms with Crippen molar-refractivity contribution < 1.29 is 14.3 Å². The number of nitrogens with zero attached hydrogens (tertiary/aromatic N) is 3. The van der Waals surface area contributed by atoms with E-state index in [9.17, 15) is 9.59 Å². The van der Waals surface area contributed by atoms with Crippen LogP contribution >= 0.6 is 11.6 Å². The molecular weight excluding hydrogens is 428 g/mol. The van der Waals surface area contributed by atoms with Gasteiger partial charge in [0.1, 0.15) is 16.9 Å². The minimum atomic E-state index is -0.563. The minimum absolute atomic E-state index is 0.191. The van der Waals surface area contributed by atoms with Gasteiger partial charge in [0, 0.05) is 6.54 Å². The van der Waals surface area contributed by atoms with Gasteiger partial charge in [-0.15, -0.1) is 0 Å². The molecule has 1 N–H and O–H groups in total. The summed E-state index contributed by atoms with van der Waals surface area (Å²) >= 11 is 6.23. The summed E-state index contributed by atoms with van der Waals surface area (Å²) < 4.78 is 7.15. The van der Waals surface area contributed by atoms with Crippen LogP contribution in [0.2, 0.25) is 5.02 Å². The second kappa shape index (κ2) is 9.36. The van der Waals surface area contributed by atoms with E-state index in [1.807, 2.05) is 28.8 Å². The topological polar surface area (TPSA) is 86.1 Å². The van der Waals surface area contributed by atoms with Gasteiger partial charge in [-0.25, -0.2) is 14.8 Å². The number of carbonyl (C=O) groups is 2. The van der Waals surface area contributed by atoms with Crippen molar-refractivity contribution >= 4 is 51.5 Å². The van der Waals surface area contributed by atoms with Crippen LogP contribution in [0.4, 0.5) is 5.82 Å². The average Bonchev–Trinajstić information content (AvgIpc) is 3.08. The molecule has 0 aliphatic rings. The summed E-state index contributed by atoms with van der Waals surface area (Å²) in [5, 5.41) is 3.21. The second-order valence-electron chi connectivity index (χ2n) is 7.27. The molecule has 0 bridgehead atoms. The summed E-state index contributed by atoms with van der Waals surface area (Å²) in [6.07, 6.45) is 1.75. The van der Waals surface area contributed by atoms with Crippen LogP contribution < -0.4 is 5.32 Å². The van der Waals surface area contributed by atoms with E-state index < -0.39 is 11.9 Å². The molecule has 164 valence electrons. The molecule has 0 aliphatic heterocycles. The van der Waals surface area contributed by atoms with Crippen molar-refractivity contribution in [3.8, 4) is 0 Å². The molecule has 4 aromatic rings. The molecule has 0 unspecified atom stereocenters.